The van der Waals surface area contributed by atoms with Crippen molar-refractivity contribution in [3.8, 4) is 5.75 Å². The molecule has 0 unspecified atom stereocenters. The Morgan fingerprint density at radius 3 is 2.35 bits per heavy atom. The molecule has 0 radical (unpaired) electrons. The maximum atomic E-state index is 12.6. The quantitative estimate of drug-likeness (QED) is 0.253. The van der Waals surface area contributed by atoms with Gasteiger partial charge < -0.3 is 15.7 Å². The van der Waals surface area contributed by atoms with Gasteiger partial charge in [-0.2, -0.15) is 5.10 Å². The molecule has 0 saturated heterocycles. The second-order valence-electron chi connectivity index (χ2n) is 6.25. The number of nitrogens with one attached hydrogen (secondary N) is 3. The van der Waals surface area contributed by atoms with Crippen LogP contribution in [0.15, 0.2) is 82.4 Å². The smallest absolute Gasteiger partial charge is 0.329 e. The van der Waals surface area contributed by atoms with Crippen LogP contribution in [0.2, 0.25) is 0 Å². The van der Waals surface area contributed by atoms with Gasteiger partial charge >= 0.3 is 11.8 Å². The number of carbonyl (C=O) groups is 3. The second-order valence-corrected chi connectivity index (χ2v) is 7.17. The van der Waals surface area contributed by atoms with E-state index in [2.05, 4.69) is 37.1 Å². The van der Waals surface area contributed by atoms with E-state index in [0.717, 1.165) is 4.47 Å². The summed E-state index contributed by atoms with van der Waals surface area (Å²) < 4.78 is 0.871. The van der Waals surface area contributed by atoms with Crippen LogP contribution in [-0.2, 0) is 9.59 Å². The third-order valence-electron chi connectivity index (χ3n) is 3.98. The van der Waals surface area contributed by atoms with Gasteiger partial charge in [0.2, 0.25) is 0 Å². The number of hydrogen-bond acceptors (Lipinski definition) is 5. The first-order chi connectivity index (χ1) is 14.9. The highest BCUT2D eigenvalue weighted by Gasteiger charge is 2.17. The molecule has 3 amide bonds. The summed E-state index contributed by atoms with van der Waals surface area (Å²) in [5, 5.41) is 18.2. The fourth-order valence-corrected chi connectivity index (χ4v) is 2.79. The van der Waals surface area contributed by atoms with Crippen LogP contribution < -0.4 is 16.1 Å². The van der Waals surface area contributed by atoms with Crippen molar-refractivity contribution in [3.05, 3.63) is 88.4 Å². The Morgan fingerprint density at radius 1 is 0.871 bits per heavy atom. The molecular weight excluding hydrogens is 464 g/mol. The number of aromatic hydroxyl groups is 1. The molecule has 9 heteroatoms. The number of phenols is 1. The van der Waals surface area contributed by atoms with E-state index in [1.165, 1.54) is 30.5 Å². The lowest BCUT2D eigenvalue weighted by molar-refractivity contribution is -0.136. The molecule has 0 atom stereocenters. The van der Waals surface area contributed by atoms with Crippen LogP contribution in [0.5, 0.6) is 5.75 Å². The SMILES string of the molecule is O=C(NN=Cc1cccc(O)c1)C(=O)Nc1ccccc1C(=O)Nc1ccc(Br)cc1. The second kappa shape index (κ2) is 10.2. The highest BCUT2D eigenvalue weighted by atomic mass is 79.9. The zero-order chi connectivity index (χ0) is 22.2. The van der Waals surface area contributed by atoms with Gasteiger partial charge in [-0.05, 0) is 54.1 Å². The number of rotatable bonds is 5. The molecule has 3 rings (SSSR count). The molecule has 3 aromatic carbocycles. The Kier molecular flexibility index (Phi) is 7.13. The molecule has 3 aromatic rings. The van der Waals surface area contributed by atoms with Gasteiger partial charge in [-0.15, -0.1) is 0 Å². The van der Waals surface area contributed by atoms with Gasteiger partial charge in [-0.1, -0.05) is 40.2 Å². The van der Waals surface area contributed by atoms with Crippen molar-refractivity contribution in [2.45, 2.75) is 0 Å². The summed E-state index contributed by atoms with van der Waals surface area (Å²) in [5.41, 5.74) is 3.58. The van der Waals surface area contributed by atoms with E-state index in [9.17, 15) is 19.5 Å². The number of halogens is 1. The first-order valence-electron chi connectivity index (χ1n) is 9.02. The Balaban J connectivity index is 1.63. The third kappa shape index (κ3) is 6.25. The van der Waals surface area contributed by atoms with Crippen LogP contribution >= 0.6 is 15.9 Å². The Labute approximate surface area is 186 Å². The first-order valence-corrected chi connectivity index (χ1v) is 9.81. The molecule has 0 heterocycles. The number of hydrogen-bond donors (Lipinski definition) is 4. The topological polar surface area (TPSA) is 120 Å². The van der Waals surface area contributed by atoms with Crippen LogP contribution in [0.25, 0.3) is 0 Å². The van der Waals surface area contributed by atoms with E-state index in [1.807, 2.05) is 0 Å². The van der Waals surface area contributed by atoms with Crippen LogP contribution in [0.4, 0.5) is 11.4 Å². The van der Waals surface area contributed by atoms with Crippen molar-refractivity contribution < 1.29 is 19.5 Å². The maximum Gasteiger partial charge on any atom is 0.329 e. The fourth-order valence-electron chi connectivity index (χ4n) is 2.52. The van der Waals surface area contributed by atoms with Crippen molar-refractivity contribution in [2.75, 3.05) is 10.6 Å². The molecule has 0 aliphatic heterocycles. The minimum Gasteiger partial charge on any atom is -0.508 e. The lowest BCUT2D eigenvalue weighted by atomic mass is 10.1. The van der Waals surface area contributed by atoms with Gasteiger partial charge in [0, 0.05) is 10.2 Å². The monoisotopic (exact) mass is 480 g/mol. The average Bonchev–Trinajstić information content (AvgIpc) is 2.75. The summed E-state index contributed by atoms with van der Waals surface area (Å²) in [6.07, 6.45) is 1.28. The molecular formula is C22H17BrN4O4. The molecule has 8 nitrogen and oxygen atoms in total. The first kappa shape index (κ1) is 21.7. The number of hydrazone groups is 1. The number of phenolic OH excluding ortho intramolecular Hbond substituents is 1. The van der Waals surface area contributed by atoms with Gasteiger partial charge in [0.1, 0.15) is 5.75 Å². The molecule has 0 bridgehead atoms. The van der Waals surface area contributed by atoms with Crippen molar-refractivity contribution >= 4 is 51.2 Å². The summed E-state index contributed by atoms with van der Waals surface area (Å²) >= 11 is 3.32. The molecule has 156 valence electrons. The highest BCUT2D eigenvalue weighted by Crippen LogP contribution is 2.19. The summed E-state index contributed by atoms with van der Waals surface area (Å²) in [4.78, 5) is 36.8. The van der Waals surface area contributed by atoms with E-state index < -0.39 is 17.7 Å². The maximum absolute atomic E-state index is 12.6. The van der Waals surface area contributed by atoms with Crippen molar-refractivity contribution in [1.82, 2.24) is 5.43 Å². The zero-order valence-electron chi connectivity index (χ0n) is 16.0. The van der Waals surface area contributed by atoms with Gasteiger partial charge in [0.25, 0.3) is 5.91 Å². The standard InChI is InChI=1S/C22H17BrN4O4/c23-15-8-10-16(11-9-15)25-20(29)18-6-1-2-7-19(18)26-21(30)22(31)27-24-13-14-4-3-5-17(28)12-14/h1-13,28H,(H,25,29)(H,26,30)(H,27,31). The lowest BCUT2D eigenvalue weighted by Gasteiger charge is -2.11. The van der Waals surface area contributed by atoms with Gasteiger partial charge in [0.15, 0.2) is 0 Å². The highest BCUT2D eigenvalue weighted by molar-refractivity contribution is 9.10. The number of carbonyl (C=O) groups excluding carboxylic acids is 3. The largest absolute Gasteiger partial charge is 0.508 e. The van der Waals surface area contributed by atoms with E-state index in [0.29, 0.717) is 11.3 Å². The van der Waals surface area contributed by atoms with Crippen molar-refractivity contribution in [2.24, 2.45) is 5.10 Å². The van der Waals surface area contributed by atoms with E-state index >= 15 is 0 Å². The predicted molar refractivity (Wildman–Crippen MR) is 121 cm³/mol. The van der Waals surface area contributed by atoms with Crippen molar-refractivity contribution in [3.63, 3.8) is 0 Å². The summed E-state index contributed by atoms with van der Waals surface area (Å²) in [6.45, 7) is 0. The van der Waals surface area contributed by atoms with Gasteiger partial charge in [-0.3, -0.25) is 14.4 Å². The summed E-state index contributed by atoms with van der Waals surface area (Å²) in [5.74, 6) is -2.40. The molecule has 0 aliphatic carbocycles. The third-order valence-corrected chi connectivity index (χ3v) is 4.51. The lowest BCUT2D eigenvalue weighted by Crippen LogP contribution is -2.33. The molecule has 4 N–H and O–H groups in total. The molecule has 31 heavy (non-hydrogen) atoms. The van der Waals surface area contributed by atoms with Crippen molar-refractivity contribution in [1.29, 1.82) is 0 Å². The molecule has 0 aliphatic rings. The number of para-hydroxylation sites is 1. The number of benzene rings is 3. The van der Waals surface area contributed by atoms with E-state index in [-0.39, 0.29) is 17.0 Å². The summed E-state index contributed by atoms with van der Waals surface area (Å²) in [6, 6.07) is 19.5. The van der Waals surface area contributed by atoms with Gasteiger partial charge in [-0.25, -0.2) is 5.43 Å². The zero-order valence-corrected chi connectivity index (χ0v) is 17.6. The summed E-state index contributed by atoms with van der Waals surface area (Å²) in [7, 11) is 0. The number of anilines is 2. The fraction of sp³-hybridized carbons (Fsp3) is 0. The van der Waals surface area contributed by atoms with E-state index in [1.54, 1.807) is 48.5 Å². The van der Waals surface area contributed by atoms with Crippen LogP contribution in [0, 0.1) is 0 Å². The predicted octanol–water partition coefficient (Wildman–Crippen LogP) is 3.50. The van der Waals surface area contributed by atoms with Gasteiger partial charge in [0.05, 0.1) is 17.5 Å². The molecule has 0 fully saturated rings. The minimum atomic E-state index is -1.01. The van der Waals surface area contributed by atoms with Crippen LogP contribution in [-0.4, -0.2) is 29.0 Å². The molecule has 0 spiro atoms. The number of amides is 3. The Morgan fingerprint density at radius 2 is 1.61 bits per heavy atom. The Hall–Kier alpha value is -3.98. The Bertz CT molecular complexity index is 1150. The number of nitrogens with zero attached hydrogens (tertiary/aromatic N) is 1. The van der Waals surface area contributed by atoms with Crippen LogP contribution in [0.3, 0.4) is 0 Å². The van der Waals surface area contributed by atoms with Crippen LogP contribution in [0.1, 0.15) is 15.9 Å². The molecule has 0 aromatic heterocycles. The molecule has 0 saturated carbocycles. The minimum absolute atomic E-state index is 0.0473. The normalized spacial score (nSPS) is 10.5. The average molecular weight is 481 g/mol. The van der Waals surface area contributed by atoms with E-state index in [4.69, 9.17) is 0 Å².